The second-order valence-electron chi connectivity index (χ2n) is 4.73. The van der Waals surface area contributed by atoms with Gasteiger partial charge in [-0.3, -0.25) is 9.36 Å². The predicted octanol–water partition coefficient (Wildman–Crippen LogP) is 3.54. The van der Waals surface area contributed by atoms with Crippen molar-refractivity contribution in [2.45, 2.75) is 25.0 Å². The molecule has 0 atom stereocenters. The van der Waals surface area contributed by atoms with Crippen molar-refractivity contribution in [1.29, 1.82) is 0 Å². The van der Waals surface area contributed by atoms with Gasteiger partial charge >= 0.3 is 0 Å². The van der Waals surface area contributed by atoms with Crippen molar-refractivity contribution in [2.24, 2.45) is 0 Å². The van der Waals surface area contributed by atoms with Crippen LogP contribution in [0.25, 0.3) is 10.9 Å². The van der Waals surface area contributed by atoms with Gasteiger partial charge in [0.05, 0.1) is 23.7 Å². The number of thioether (sulfide) groups is 1. The molecule has 0 spiro atoms. The minimum Gasteiger partial charge on any atom is -0.467 e. The standard InChI is InChI=1S/C16H16N2O2S/c1-2-10-21-16-17-14-8-4-3-7-13(14)15(19)18(16)11-12-6-5-9-20-12/h3-9H,2,10-11H2,1H3. The summed E-state index contributed by atoms with van der Waals surface area (Å²) in [5.41, 5.74) is 0.729. The zero-order valence-corrected chi connectivity index (χ0v) is 12.6. The van der Waals surface area contributed by atoms with Crippen molar-refractivity contribution in [2.75, 3.05) is 5.75 Å². The summed E-state index contributed by atoms with van der Waals surface area (Å²) < 4.78 is 7.06. The zero-order chi connectivity index (χ0) is 14.7. The van der Waals surface area contributed by atoms with Gasteiger partial charge in [-0.2, -0.15) is 0 Å². The van der Waals surface area contributed by atoms with E-state index in [0.29, 0.717) is 11.9 Å². The normalized spacial score (nSPS) is 11.1. The van der Waals surface area contributed by atoms with Gasteiger partial charge in [-0.15, -0.1) is 0 Å². The lowest BCUT2D eigenvalue weighted by Crippen LogP contribution is -2.23. The van der Waals surface area contributed by atoms with Crippen LogP contribution in [0.4, 0.5) is 0 Å². The molecule has 0 fully saturated rings. The Labute approximate surface area is 126 Å². The maximum absolute atomic E-state index is 12.7. The van der Waals surface area contributed by atoms with Crippen LogP contribution < -0.4 is 5.56 Å². The Balaban J connectivity index is 2.13. The molecule has 2 heterocycles. The Kier molecular flexibility index (Phi) is 4.10. The highest BCUT2D eigenvalue weighted by atomic mass is 32.2. The average molecular weight is 300 g/mol. The van der Waals surface area contributed by atoms with Gasteiger partial charge in [0.15, 0.2) is 5.16 Å². The number of para-hydroxylation sites is 1. The Morgan fingerprint density at radius 3 is 2.86 bits per heavy atom. The van der Waals surface area contributed by atoms with E-state index in [1.54, 1.807) is 22.6 Å². The first kappa shape index (κ1) is 13.9. The van der Waals surface area contributed by atoms with Crippen molar-refractivity contribution >= 4 is 22.7 Å². The third-order valence-corrected chi connectivity index (χ3v) is 4.34. The smallest absolute Gasteiger partial charge is 0.262 e. The molecular weight excluding hydrogens is 284 g/mol. The molecule has 3 aromatic rings. The van der Waals surface area contributed by atoms with Gasteiger partial charge < -0.3 is 4.42 Å². The van der Waals surface area contributed by atoms with E-state index in [2.05, 4.69) is 11.9 Å². The third-order valence-electron chi connectivity index (χ3n) is 3.16. The maximum atomic E-state index is 12.7. The number of nitrogens with zero attached hydrogens (tertiary/aromatic N) is 2. The van der Waals surface area contributed by atoms with Crippen molar-refractivity contribution < 1.29 is 4.42 Å². The van der Waals surface area contributed by atoms with Crippen LogP contribution >= 0.6 is 11.8 Å². The SMILES string of the molecule is CCCSc1nc2ccccc2c(=O)n1Cc1ccco1. The number of rotatable bonds is 5. The summed E-state index contributed by atoms with van der Waals surface area (Å²) >= 11 is 1.61. The van der Waals surface area contributed by atoms with Crippen LogP contribution in [0.3, 0.4) is 0 Å². The second-order valence-corrected chi connectivity index (χ2v) is 5.79. The summed E-state index contributed by atoms with van der Waals surface area (Å²) in [7, 11) is 0. The lowest BCUT2D eigenvalue weighted by Gasteiger charge is -2.11. The Bertz CT molecular complexity index is 794. The first-order chi connectivity index (χ1) is 10.3. The quantitative estimate of drug-likeness (QED) is 0.534. The third kappa shape index (κ3) is 2.88. The number of hydrogen-bond acceptors (Lipinski definition) is 4. The van der Waals surface area contributed by atoms with Crippen molar-refractivity contribution in [3.05, 3.63) is 58.8 Å². The molecule has 1 aromatic carbocycles. The molecule has 0 saturated carbocycles. The Hall–Kier alpha value is -2.01. The van der Waals surface area contributed by atoms with Crippen LogP contribution in [0.15, 0.2) is 57.0 Å². The first-order valence-corrected chi connectivity index (χ1v) is 7.93. The average Bonchev–Trinajstić information content (AvgIpc) is 3.01. The molecular formula is C16H16N2O2S. The molecule has 3 rings (SSSR count). The summed E-state index contributed by atoms with van der Waals surface area (Å²) in [5.74, 6) is 1.69. The highest BCUT2D eigenvalue weighted by molar-refractivity contribution is 7.99. The number of hydrogen-bond donors (Lipinski definition) is 0. The van der Waals surface area contributed by atoms with Gasteiger partial charge in [-0.25, -0.2) is 4.98 Å². The van der Waals surface area contributed by atoms with E-state index < -0.39 is 0 Å². The molecule has 5 heteroatoms. The molecule has 0 N–H and O–H groups in total. The van der Waals surface area contributed by atoms with Gasteiger partial charge in [-0.05, 0) is 30.7 Å². The molecule has 0 amide bonds. The Morgan fingerprint density at radius 1 is 1.24 bits per heavy atom. The molecule has 108 valence electrons. The number of furan rings is 1. The highest BCUT2D eigenvalue weighted by Gasteiger charge is 2.12. The lowest BCUT2D eigenvalue weighted by molar-refractivity contribution is 0.476. The molecule has 0 aliphatic heterocycles. The predicted molar refractivity (Wildman–Crippen MR) is 84.8 cm³/mol. The fourth-order valence-corrected chi connectivity index (χ4v) is 3.00. The topological polar surface area (TPSA) is 48.0 Å². The summed E-state index contributed by atoms with van der Waals surface area (Å²) in [4.78, 5) is 17.3. The summed E-state index contributed by atoms with van der Waals surface area (Å²) in [6, 6.07) is 11.2. The molecule has 0 aliphatic rings. The van der Waals surface area contributed by atoms with Crippen molar-refractivity contribution in [1.82, 2.24) is 9.55 Å². The van der Waals surface area contributed by atoms with Crippen LogP contribution in [-0.2, 0) is 6.54 Å². The van der Waals surface area contributed by atoms with E-state index in [4.69, 9.17) is 4.42 Å². The number of fused-ring (bicyclic) bond motifs is 1. The van der Waals surface area contributed by atoms with Crippen LogP contribution in [0.1, 0.15) is 19.1 Å². The molecule has 0 saturated heterocycles. The number of aromatic nitrogens is 2. The van der Waals surface area contributed by atoms with Gasteiger partial charge in [0, 0.05) is 5.75 Å². The van der Waals surface area contributed by atoms with Crippen LogP contribution in [0.5, 0.6) is 0 Å². The molecule has 0 bridgehead atoms. The van der Waals surface area contributed by atoms with Crippen LogP contribution in [0, 0.1) is 0 Å². The van der Waals surface area contributed by atoms with E-state index in [9.17, 15) is 4.79 Å². The summed E-state index contributed by atoms with van der Waals surface area (Å²) in [6.07, 6.45) is 2.65. The van der Waals surface area contributed by atoms with E-state index in [1.807, 2.05) is 36.4 Å². The molecule has 0 radical (unpaired) electrons. The zero-order valence-electron chi connectivity index (χ0n) is 11.8. The van der Waals surface area contributed by atoms with Gasteiger partial charge in [-0.1, -0.05) is 30.8 Å². The highest BCUT2D eigenvalue weighted by Crippen LogP contribution is 2.19. The van der Waals surface area contributed by atoms with Gasteiger partial charge in [0.1, 0.15) is 5.76 Å². The lowest BCUT2D eigenvalue weighted by atomic mass is 10.2. The van der Waals surface area contributed by atoms with Crippen molar-refractivity contribution in [3.8, 4) is 0 Å². The molecule has 21 heavy (non-hydrogen) atoms. The molecule has 4 nitrogen and oxygen atoms in total. The maximum Gasteiger partial charge on any atom is 0.262 e. The monoisotopic (exact) mass is 300 g/mol. The van der Waals surface area contributed by atoms with Gasteiger partial charge in [0.25, 0.3) is 5.56 Å². The van der Waals surface area contributed by atoms with Crippen molar-refractivity contribution in [3.63, 3.8) is 0 Å². The minimum absolute atomic E-state index is 0.0180. The first-order valence-electron chi connectivity index (χ1n) is 6.94. The van der Waals surface area contributed by atoms with Crippen LogP contribution in [-0.4, -0.2) is 15.3 Å². The second kappa shape index (κ2) is 6.18. The van der Waals surface area contributed by atoms with Gasteiger partial charge in [0.2, 0.25) is 0 Å². The fraction of sp³-hybridized carbons (Fsp3) is 0.250. The minimum atomic E-state index is -0.0180. The largest absolute Gasteiger partial charge is 0.467 e. The molecule has 0 unspecified atom stereocenters. The van der Waals surface area contributed by atoms with E-state index >= 15 is 0 Å². The van der Waals surface area contributed by atoms with E-state index in [1.165, 1.54) is 0 Å². The Morgan fingerprint density at radius 2 is 2.10 bits per heavy atom. The molecule has 2 aromatic heterocycles. The molecule has 0 aliphatic carbocycles. The summed E-state index contributed by atoms with van der Waals surface area (Å²) in [6.45, 7) is 2.53. The number of benzene rings is 1. The van der Waals surface area contributed by atoms with Crippen LogP contribution in [0.2, 0.25) is 0 Å². The summed E-state index contributed by atoms with van der Waals surface area (Å²) in [5, 5.41) is 1.39. The van der Waals surface area contributed by atoms with E-state index in [0.717, 1.165) is 28.6 Å². The fourth-order valence-electron chi connectivity index (χ4n) is 2.15. The van der Waals surface area contributed by atoms with E-state index in [-0.39, 0.29) is 5.56 Å².